The monoisotopic (exact) mass is 239 g/mol. The standard InChI is InChI=1S/C12H18ClN3/c1-9(14)10-3-2-6-16(8-10)12-4-5-15-7-11(12)13/h4-5,7,9-10H,2-3,6,8,14H2,1H3. The van der Waals surface area contributed by atoms with E-state index in [0.29, 0.717) is 5.92 Å². The van der Waals surface area contributed by atoms with Crippen molar-refractivity contribution in [3.63, 3.8) is 0 Å². The molecule has 0 spiro atoms. The fraction of sp³-hybridized carbons (Fsp3) is 0.583. The van der Waals surface area contributed by atoms with Crippen molar-refractivity contribution in [3.8, 4) is 0 Å². The average molecular weight is 240 g/mol. The van der Waals surface area contributed by atoms with Gasteiger partial charge in [0, 0.05) is 31.5 Å². The lowest BCUT2D eigenvalue weighted by Gasteiger charge is -2.36. The van der Waals surface area contributed by atoms with Crippen molar-refractivity contribution in [1.82, 2.24) is 4.98 Å². The molecule has 4 heteroatoms. The number of rotatable bonds is 2. The zero-order valence-corrected chi connectivity index (χ0v) is 10.3. The Bertz CT molecular complexity index is 354. The van der Waals surface area contributed by atoms with Gasteiger partial charge in [0.05, 0.1) is 10.7 Å². The third-order valence-electron chi connectivity index (χ3n) is 3.29. The van der Waals surface area contributed by atoms with Crippen LogP contribution in [0.1, 0.15) is 19.8 Å². The fourth-order valence-corrected chi connectivity index (χ4v) is 2.52. The molecule has 2 heterocycles. The Morgan fingerprint density at radius 3 is 3.12 bits per heavy atom. The number of nitrogens with zero attached hydrogens (tertiary/aromatic N) is 2. The maximum absolute atomic E-state index is 6.15. The summed E-state index contributed by atoms with van der Waals surface area (Å²) in [5, 5.41) is 0.729. The van der Waals surface area contributed by atoms with Gasteiger partial charge in [-0.2, -0.15) is 0 Å². The number of anilines is 1. The number of pyridine rings is 1. The van der Waals surface area contributed by atoms with Crippen LogP contribution in [0.4, 0.5) is 5.69 Å². The molecule has 1 saturated heterocycles. The van der Waals surface area contributed by atoms with E-state index in [2.05, 4.69) is 16.8 Å². The van der Waals surface area contributed by atoms with E-state index < -0.39 is 0 Å². The first kappa shape index (κ1) is 11.7. The van der Waals surface area contributed by atoms with Crippen molar-refractivity contribution < 1.29 is 0 Å². The lowest BCUT2D eigenvalue weighted by Crippen LogP contribution is -2.42. The molecule has 2 rings (SSSR count). The van der Waals surface area contributed by atoms with E-state index in [-0.39, 0.29) is 6.04 Å². The van der Waals surface area contributed by atoms with Gasteiger partial charge in [-0.25, -0.2) is 0 Å². The second kappa shape index (κ2) is 5.02. The summed E-state index contributed by atoms with van der Waals surface area (Å²) in [6.45, 7) is 4.15. The maximum atomic E-state index is 6.15. The third kappa shape index (κ3) is 2.47. The van der Waals surface area contributed by atoms with Crippen molar-refractivity contribution >= 4 is 17.3 Å². The topological polar surface area (TPSA) is 42.1 Å². The van der Waals surface area contributed by atoms with E-state index in [0.717, 1.165) is 23.8 Å². The summed E-state index contributed by atoms with van der Waals surface area (Å²) in [6.07, 6.45) is 5.89. The zero-order valence-electron chi connectivity index (χ0n) is 9.56. The number of aromatic nitrogens is 1. The molecule has 3 nitrogen and oxygen atoms in total. The smallest absolute Gasteiger partial charge is 0.0822 e. The molecule has 1 aromatic heterocycles. The Labute approximate surface area is 102 Å². The summed E-state index contributed by atoms with van der Waals surface area (Å²) in [6, 6.07) is 2.23. The van der Waals surface area contributed by atoms with Crippen LogP contribution in [-0.4, -0.2) is 24.1 Å². The van der Waals surface area contributed by atoms with Gasteiger partial charge in [0.2, 0.25) is 0 Å². The van der Waals surface area contributed by atoms with E-state index in [1.807, 2.05) is 6.07 Å². The summed E-state index contributed by atoms with van der Waals surface area (Å²) in [7, 11) is 0. The van der Waals surface area contributed by atoms with Crippen molar-refractivity contribution in [2.24, 2.45) is 11.7 Å². The summed E-state index contributed by atoms with van der Waals surface area (Å²) >= 11 is 6.15. The average Bonchev–Trinajstić information content (AvgIpc) is 2.30. The van der Waals surface area contributed by atoms with Crippen LogP contribution >= 0.6 is 11.6 Å². The minimum Gasteiger partial charge on any atom is -0.370 e. The molecule has 0 aliphatic carbocycles. The van der Waals surface area contributed by atoms with Crippen LogP contribution in [0.25, 0.3) is 0 Å². The highest BCUT2D eigenvalue weighted by Crippen LogP contribution is 2.29. The quantitative estimate of drug-likeness (QED) is 0.861. The van der Waals surface area contributed by atoms with E-state index in [9.17, 15) is 0 Å². The molecular weight excluding hydrogens is 222 g/mol. The van der Waals surface area contributed by atoms with Crippen molar-refractivity contribution in [2.45, 2.75) is 25.8 Å². The summed E-state index contributed by atoms with van der Waals surface area (Å²) in [4.78, 5) is 6.33. The second-order valence-electron chi connectivity index (χ2n) is 4.53. The van der Waals surface area contributed by atoms with E-state index in [1.165, 1.54) is 12.8 Å². The molecule has 16 heavy (non-hydrogen) atoms. The fourth-order valence-electron chi connectivity index (χ4n) is 2.28. The van der Waals surface area contributed by atoms with E-state index in [1.54, 1.807) is 12.4 Å². The van der Waals surface area contributed by atoms with Gasteiger partial charge in [-0.05, 0) is 31.7 Å². The normalized spacial score (nSPS) is 23.2. The Morgan fingerprint density at radius 2 is 2.44 bits per heavy atom. The van der Waals surface area contributed by atoms with Crippen LogP contribution in [0.2, 0.25) is 5.02 Å². The molecule has 2 unspecified atom stereocenters. The molecule has 0 saturated carbocycles. The molecular formula is C12H18ClN3. The molecule has 0 radical (unpaired) electrons. The predicted molar refractivity (Wildman–Crippen MR) is 67.8 cm³/mol. The molecule has 1 aromatic rings. The summed E-state index contributed by atoms with van der Waals surface area (Å²) in [5.41, 5.74) is 7.06. The largest absolute Gasteiger partial charge is 0.370 e. The van der Waals surface area contributed by atoms with Crippen LogP contribution in [0.3, 0.4) is 0 Å². The van der Waals surface area contributed by atoms with Crippen LogP contribution in [0, 0.1) is 5.92 Å². The van der Waals surface area contributed by atoms with Crippen LogP contribution in [-0.2, 0) is 0 Å². The number of hydrogen-bond acceptors (Lipinski definition) is 3. The molecule has 2 atom stereocenters. The Kier molecular flexibility index (Phi) is 3.66. The van der Waals surface area contributed by atoms with Gasteiger partial charge in [-0.1, -0.05) is 11.6 Å². The van der Waals surface area contributed by atoms with Gasteiger partial charge >= 0.3 is 0 Å². The van der Waals surface area contributed by atoms with Gasteiger partial charge in [-0.3, -0.25) is 4.98 Å². The molecule has 88 valence electrons. The number of halogens is 1. The predicted octanol–water partition coefficient (Wildman–Crippen LogP) is 2.30. The molecule has 0 amide bonds. The van der Waals surface area contributed by atoms with Gasteiger partial charge in [-0.15, -0.1) is 0 Å². The first-order valence-corrected chi connectivity index (χ1v) is 6.16. The van der Waals surface area contributed by atoms with Crippen LogP contribution < -0.4 is 10.6 Å². The van der Waals surface area contributed by atoms with Crippen molar-refractivity contribution in [1.29, 1.82) is 0 Å². The Balaban J connectivity index is 2.13. The van der Waals surface area contributed by atoms with Gasteiger partial charge in [0.1, 0.15) is 0 Å². The van der Waals surface area contributed by atoms with Gasteiger partial charge < -0.3 is 10.6 Å². The van der Waals surface area contributed by atoms with Crippen LogP contribution in [0.5, 0.6) is 0 Å². The molecule has 2 N–H and O–H groups in total. The first-order valence-electron chi connectivity index (χ1n) is 5.78. The summed E-state index contributed by atoms with van der Waals surface area (Å²) < 4.78 is 0. The number of nitrogens with two attached hydrogens (primary N) is 1. The van der Waals surface area contributed by atoms with Crippen molar-refractivity contribution in [3.05, 3.63) is 23.5 Å². The third-order valence-corrected chi connectivity index (χ3v) is 3.58. The first-order chi connectivity index (χ1) is 7.68. The Hall–Kier alpha value is -0.800. The summed E-state index contributed by atoms with van der Waals surface area (Å²) in [5.74, 6) is 0.568. The maximum Gasteiger partial charge on any atom is 0.0822 e. The zero-order chi connectivity index (χ0) is 11.5. The number of piperidine rings is 1. The second-order valence-corrected chi connectivity index (χ2v) is 4.94. The lowest BCUT2D eigenvalue weighted by atomic mass is 9.92. The van der Waals surface area contributed by atoms with Gasteiger partial charge in [0.15, 0.2) is 0 Å². The molecule has 0 aromatic carbocycles. The van der Waals surface area contributed by atoms with E-state index >= 15 is 0 Å². The minimum absolute atomic E-state index is 0.253. The van der Waals surface area contributed by atoms with Crippen molar-refractivity contribution in [2.75, 3.05) is 18.0 Å². The molecule has 1 fully saturated rings. The van der Waals surface area contributed by atoms with Crippen LogP contribution in [0.15, 0.2) is 18.5 Å². The Morgan fingerprint density at radius 1 is 1.62 bits per heavy atom. The molecule has 0 bridgehead atoms. The molecule has 1 aliphatic heterocycles. The SMILES string of the molecule is CC(N)C1CCCN(c2ccncc2Cl)C1. The van der Waals surface area contributed by atoms with E-state index in [4.69, 9.17) is 17.3 Å². The molecule has 1 aliphatic rings. The lowest BCUT2D eigenvalue weighted by molar-refractivity contribution is 0.364. The highest BCUT2D eigenvalue weighted by molar-refractivity contribution is 6.33. The number of hydrogen-bond donors (Lipinski definition) is 1. The highest BCUT2D eigenvalue weighted by Gasteiger charge is 2.23. The minimum atomic E-state index is 0.253. The highest BCUT2D eigenvalue weighted by atomic mass is 35.5. The van der Waals surface area contributed by atoms with Gasteiger partial charge in [0.25, 0.3) is 0 Å².